The first-order valence-electron chi connectivity index (χ1n) is 6.62. The molecule has 0 radical (unpaired) electrons. The van der Waals surface area contributed by atoms with E-state index in [4.69, 9.17) is 5.73 Å². The van der Waals surface area contributed by atoms with E-state index in [0.717, 1.165) is 24.8 Å². The average Bonchev–Trinajstić information content (AvgIpc) is 2.30. The van der Waals surface area contributed by atoms with Crippen molar-refractivity contribution in [2.45, 2.75) is 39.7 Å². The summed E-state index contributed by atoms with van der Waals surface area (Å²) < 4.78 is 0. The fourth-order valence-electron chi connectivity index (χ4n) is 2.41. The Balaban J connectivity index is 1.95. The molecule has 0 aliphatic heterocycles. The van der Waals surface area contributed by atoms with Crippen LogP contribution in [0.2, 0.25) is 0 Å². The highest BCUT2D eigenvalue weighted by Crippen LogP contribution is 2.40. The van der Waals surface area contributed by atoms with Crippen molar-refractivity contribution in [1.82, 2.24) is 5.32 Å². The van der Waals surface area contributed by atoms with Gasteiger partial charge in [0.1, 0.15) is 0 Å². The second-order valence-electron chi connectivity index (χ2n) is 5.44. The largest absolute Gasteiger partial charge is 0.352 e. The SMILES string of the molecule is Cc1ccc(CNC(=O)C2(CN)CCC2)cc1C. The van der Waals surface area contributed by atoms with Gasteiger partial charge in [0.2, 0.25) is 5.91 Å². The number of hydrogen-bond donors (Lipinski definition) is 2. The van der Waals surface area contributed by atoms with Crippen LogP contribution in [0.25, 0.3) is 0 Å². The van der Waals surface area contributed by atoms with E-state index in [1.807, 2.05) is 0 Å². The summed E-state index contributed by atoms with van der Waals surface area (Å²) >= 11 is 0. The smallest absolute Gasteiger partial charge is 0.227 e. The quantitative estimate of drug-likeness (QED) is 0.854. The Kier molecular flexibility index (Phi) is 3.71. The van der Waals surface area contributed by atoms with Gasteiger partial charge in [-0.3, -0.25) is 4.79 Å². The molecule has 1 fully saturated rings. The van der Waals surface area contributed by atoms with Crippen molar-refractivity contribution in [3.8, 4) is 0 Å². The Morgan fingerprint density at radius 2 is 2.06 bits per heavy atom. The predicted octanol–water partition coefficient (Wildman–Crippen LogP) is 2.05. The van der Waals surface area contributed by atoms with Gasteiger partial charge in [-0.05, 0) is 43.4 Å². The molecule has 0 spiro atoms. The van der Waals surface area contributed by atoms with Crippen molar-refractivity contribution in [3.05, 3.63) is 34.9 Å². The van der Waals surface area contributed by atoms with E-state index in [-0.39, 0.29) is 11.3 Å². The minimum atomic E-state index is -0.278. The normalized spacial score (nSPS) is 17.1. The van der Waals surface area contributed by atoms with E-state index in [2.05, 4.69) is 37.4 Å². The third-order valence-corrected chi connectivity index (χ3v) is 4.21. The summed E-state index contributed by atoms with van der Waals surface area (Å²) in [6, 6.07) is 6.29. The van der Waals surface area contributed by atoms with Gasteiger partial charge in [0.05, 0.1) is 5.41 Å². The van der Waals surface area contributed by atoms with Crippen molar-refractivity contribution in [2.24, 2.45) is 11.1 Å². The number of benzene rings is 1. The van der Waals surface area contributed by atoms with Gasteiger partial charge in [0, 0.05) is 13.1 Å². The van der Waals surface area contributed by atoms with Crippen LogP contribution in [-0.2, 0) is 11.3 Å². The van der Waals surface area contributed by atoms with Crippen LogP contribution in [0.5, 0.6) is 0 Å². The maximum absolute atomic E-state index is 12.1. The lowest BCUT2D eigenvalue weighted by Crippen LogP contribution is -2.50. The van der Waals surface area contributed by atoms with Crippen molar-refractivity contribution < 1.29 is 4.79 Å². The van der Waals surface area contributed by atoms with Crippen LogP contribution in [0.1, 0.15) is 36.0 Å². The molecule has 0 saturated heterocycles. The fraction of sp³-hybridized carbons (Fsp3) is 0.533. The topological polar surface area (TPSA) is 55.1 Å². The number of carbonyl (C=O) groups is 1. The summed E-state index contributed by atoms with van der Waals surface area (Å²) in [5, 5.41) is 3.02. The predicted molar refractivity (Wildman–Crippen MR) is 73.1 cm³/mol. The zero-order chi connectivity index (χ0) is 13.2. The number of nitrogens with two attached hydrogens (primary N) is 1. The van der Waals surface area contributed by atoms with Crippen LogP contribution in [0, 0.1) is 19.3 Å². The molecular weight excluding hydrogens is 224 g/mol. The van der Waals surface area contributed by atoms with E-state index >= 15 is 0 Å². The van der Waals surface area contributed by atoms with Crippen LogP contribution < -0.4 is 11.1 Å². The van der Waals surface area contributed by atoms with Crippen molar-refractivity contribution >= 4 is 5.91 Å². The molecule has 0 heterocycles. The van der Waals surface area contributed by atoms with Crippen LogP contribution in [0.3, 0.4) is 0 Å². The fourth-order valence-corrected chi connectivity index (χ4v) is 2.41. The van der Waals surface area contributed by atoms with Gasteiger partial charge in [-0.25, -0.2) is 0 Å². The van der Waals surface area contributed by atoms with E-state index in [9.17, 15) is 4.79 Å². The van der Waals surface area contributed by atoms with Crippen LogP contribution in [0.15, 0.2) is 18.2 Å². The molecule has 1 aliphatic rings. The standard InChI is InChI=1S/C15H22N2O/c1-11-4-5-13(8-12(11)2)9-17-14(18)15(10-16)6-3-7-15/h4-5,8H,3,6-7,9-10,16H2,1-2H3,(H,17,18). The Morgan fingerprint density at radius 3 is 2.56 bits per heavy atom. The van der Waals surface area contributed by atoms with Gasteiger partial charge in [-0.15, -0.1) is 0 Å². The van der Waals surface area contributed by atoms with Gasteiger partial charge in [0.25, 0.3) is 0 Å². The molecule has 98 valence electrons. The van der Waals surface area contributed by atoms with E-state index in [1.165, 1.54) is 11.1 Å². The molecule has 3 heteroatoms. The van der Waals surface area contributed by atoms with Crippen molar-refractivity contribution in [2.75, 3.05) is 6.54 Å². The first-order valence-corrected chi connectivity index (χ1v) is 6.62. The molecule has 2 rings (SSSR count). The van der Waals surface area contributed by atoms with Gasteiger partial charge < -0.3 is 11.1 Å². The molecule has 3 N–H and O–H groups in total. The summed E-state index contributed by atoms with van der Waals surface area (Å²) in [7, 11) is 0. The lowest BCUT2D eigenvalue weighted by molar-refractivity contribution is -0.135. The molecule has 1 saturated carbocycles. The Morgan fingerprint density at radius 1 is 1.33 bits per heavy atom. The van der Waals surface area contributed by atoms with E-state index < -0.39 is 0 Å². The highest BCUT2D eigenvalue weighted by molar-refractivity contribution is 5.83. The van der Waals surface area contributed by atoms with Crippen molar-refractivity contribution in [3.63, 3.8) is 0 Å². The van der Waals surface area contributed by atoms with E-state index in [0.29, 0.717) is 13.1 Å². The maximum atomic E-state index is 12.1. The minimum Gasteiger partial charge on any atom is -0.352 e. The van der Waals surface area contributed by atoms with Crippen LogP contribution in [0.4, 0.5) is 0 Å². The Bertz CT molecular complexity index is 444. The highest BCUT2D eigenvalue weighted by Gasteiger charge is 2.42. The molecule has 0 atom stereocenters. The molecule has 0 unspecified atom stereocenters. The number of carbonyl (C=O) groups excluding carboxylic acids is 1. The molecule has 1 aromatic carbocycles. The van der Waals surface area contributed by atoms with Crippen molar-refractivity contribution in [1.29, 1.82) is 0 Å². The van der Waals surface area contributed by atoms with E-state index in [1.54, 1.807) is 0 Å². The molecule has 0 aromatic heterocycles. The third-order valence-electron chi connectivity index (χ3n) is 4.21. The molecule has 1 aliphatic carbocycles. The number of hydrogen-bond acceptors (Lipinski definition) is 2. The highest BCUT2D eigenvalue weighted by atomic mass is 16.2. The van der Waals surface area contributed by atoms with Crippen LogP contribution >= 0.6 is 0 Å². The number of amides is 1. The number of aryl methyl sites for hydroxylation is 2. The summed E-state index contributed by atoms with van der Waals surface area (Å²) in [4.78, 5) is 12.1. The molecular formula is C15H22N2O. The minimum absolute atomic E-state index is 0.120. The third kappa shape index (κ3) is 2.41. The van der Waals surface area contributed by atoms with Gasteiger partial charge in [-0.1, -0.05) is 24.6 Å². The van der Waals surface area contributed by atoms with Gasteiger partial charge in [0.15, 0.2) is 0 Å². The second-order valence-corrected chi connectivity index (χ2v) is 5.44. The lowest BCUT2D eigenvalue weighted by atomic mass is 9.68. The number of nitrogens with one attached hydrogen (secondary N) is 1. The zero-order valence-electron chi connectivity index (χ0n) is 11.3. The summed E-state index contributed by atoms with van der Waals surface area (Å²) in [6.45, 7) is 5.25. The summed E-state index contributed by atoms with van der Waals surface area (Å²) in [5.41, 5.74) is 9.14. The van der Waals surface area contributed by atoms with Crippen LogP contribution in [-0.4, -0.2) is 12.5 Å². The second kappa shape index (κ2) is 5.11. The lowest BCUT2D eigenvalue weighted by Gasteiger charge is -2.39. The average molecular weight is 246 g/mol. The zero-order valence-corrected chi connectivity index (χ0v) is 11.3. The van der Waals surface area contributed by atoms with Gasteiger partial charge in [-0.2, -0.15) is 0 Å². The molecule has 1 amide bonds. The first-order chi connectivity index (χ1) is 8.57. The Hall–Kier alpha value is -1.35. The first kappa shape index (κ1) is 13.1. The van der Waals surface area contributed by atoms with Gasteiger partial charge >= 0.3 is 0 Å². The molecule has 1 aromatic rings. The molecule has 0 bridgehead atoms. The molecule has 18 heavy (non-hydrogen) atoms. The summed E-state index contributed by atoms with van der Waals surface area (Å²) in [5.74, 6) is 0.120. The molecule has 3 nitrogen and oxygen atoms in total. The summed E-state index contributed by atoms with van der Waals surface area (Å²) in [6.07, 6.45) is 2.98. The number of rotatable bonds is 4. The maximum Gasteiger partial charge on any atom is 0.227 e. The Labute approximate surface area is 109 Å². The monoisotopic (exact) mass is 246 g/mol.